The van der Waals surface area contributed by atoms with Crippen molar-refractivity contribution < 1.29 is 8.78 Å². The van der Waals surface area contributed by atoms with Crippen molar-refractivity contribution in [2.45, 2.75) is 71.1 Å². The number of aryl methyl sites for hydroxylation is 1. The summed E-state index contributed by atoms with van der Waals surface area (Å²) < 4.78 is 26.3. The Morgan fingerprint density at radius 3 is 2.12 bits per heavy atom. The van der Waals surface area contributed by atoms with E-state index in [1.165, 1.54) is 63.5 Å². The van der Waals surface area contributed by atoms with E-state index in [0.717, 1.165) is 42.1 Å². The Hall–Kier alpha value is -1.18. The van der Waals surface area contributed by atoms with Crippen LogP contribution in [0, 0.1) is 35.3 Å². The Morgan fingerprint density at radius 1 is 0.880 bits per heavy atom. The summed E-state index contributed by atoms with van der Waals surface area (Å²) in [4.78, 5) is 0. The Morgan fingerprint density at radius 2 is 1.52 bits per heavy atom. The van der Waals surface area contributed by atoms with E-state index in [-0.39, 0.29) is 0 Å². The highest BCUT2D eigenvalue weighted by atomic mass is 19.2. The van der Waals surface area contributed by atoms with Gasteiger partial charge in [-0.3, -0.25) is 0 Å². The average molecular weight is 347 g/mol. The van der Waals surface area contributed by atoms with E-state index in [1.54, 1.807) is 6.07 Å². The molecule has 0 heterocycles. The van der Waals surface area contributed by atoms with E-state index < -0.39 is 11.6 Å². The lowest BCUT2D eigenvalue weighted by Gasteiger charge is -2.37. The summed E-state index contributed by atoms with van der Waals surface area (Å²) in [6.45, 7) is 2.13. The van der Waals surface area contributed by atoms with Crippen LogP contribution in [0.25, 0.3) is 0 Å². The molecule has 0 saturated heterocycles. The zero-order chi connectivity index (χ0) is 17.6. The summed E-state index contributed by atoms with van der Waals surface area (Å²) in [6.07, 6.45) is 17.6. The van der Waals surface area contributed by atoms with Crippen LogP contribution in [0.5, 0.6) is 0 Å². The molecule has 0 nitrogen and oxygen atoms in total. The van der Waals surface area contributed by atoms with Gasteiger partial charge >= 0.3 is 0 Å². The molecule has 2 heteroatoms. The molecule has 0 atom stereocenters. The first kappa shape index (κ1) is 18.6. The van der Waals surface area contributed by atoms with Gasteiger partial charge in [0.2, 0.25) is 0 Å². The van der Waals surface area contributed by atoms with Crippen LogP contribution in [0.3, 0.4) is 0 Å². The highest BCUT2D eigenvalue weighted by molar-refractivity contribution is 5.17. The molecule has 0 radical (unpaired) electrons. The van der Waals surface area contributed by atoms with Gasteiger partial charge in [0.05, 0.1) is 0 Å². The average Bonchev–Trinajstić information content (AvgIpc) is 2.64. The summed E-state index contributed by atoms with van der Waals surface area (Å²) in [5, 5.41) is 0. The number of benzene rings is 1. The normalized spacial score (nSPS) is 30.7. The quantitative estimate of drug-likeness (QED) is 0.499. The fourth-order valence-corrected chi connectivity index (χ4v) is 5.10. The SMILES string of the molecule is C/C=C/C1CCC(C2CCC(CCc3ccc(F)c(F)c3)CC2)CC1. The van der Waals surface area contributed by atoms with Crippen molar-refractivity contribution in [3.05, 3.63) is 47.5 Å². The van der Waals surface area contributed by atoms with Crippen LogP contribution in [-0.2, 0) is 6.42 Å². The first-order valence-corrected chi connectivity index (χ1v) is 10.2. The summed E-state index contributed by atoms with van der Waals surface area (Å²) in [6, 6.07) is 4.35. The molecular weight excluding hydrogens is 314 g/mol. The van der Waals surface area contributed by atoms with E-state index in [1.807, 2.05) is 0 Å². The molecule has 1 aromatic carbocycles. The molecule has 3 rings (SSSR count). The third-order valence-electron chi connectivity index (χ3n) is 6.66. The Labute approximate surface area is 151 Å². The lowest BCUT2D eigenvalue weighted by Crippen LogP contribution is -2.25. The van der Waals surface area contributed by atoms with E-state index in [0.29, 0.717) is 0 Å². The van der Waals surface area contributed by atoms with Crippen molar-refractivity contribution in [1.29, 1.82) is 0 Å². The predicted octanol–water partition coefficient (Wildman–Crippen LogP) is 7.09. The molecule has 2 aliphatic carbocycles. The fraction of sp³-hybridized carbons (Fsp3) is 0.652. The molecule has 0 unspecified atom stereocenters. The third kappa shape index (κ3) is 5.15. The van der Waals surface area contributed by atoms with Crippen LogP contribution >= 0.6 is 0 Å². The largest absolute Gasteiger partial charge is 0.204 e. The first-order chi connectivity index (χ1) is 12.2. The van der Waals surface area contributed by atoms with Crippen LogP contribution in [0.1, 0.15) is 70.3 Å². The summed E-state index contributed by atoms with van der Waals surface area (Å²) in [7, 11) is 0. The van der Waals surface area contributed by atoms with Crippen molar-refractivity contribution in [2.24, 2.45) is 23.7 Å². The van der Waals surface area contributed by atoms with Crippen molar-refractivity contribution in [2.75, 3.05) is 0 Å². The molecule has 25 heavy (non-hydrogen) atoms. The summed E-state index contributed by atoms with van der Waals surface area (Å²) >= 11 is 0. The first-order valence-electron chi connectivity index (χ1n) is 10.2. The zero-order valence-corrected chi connectivity index (χ0v) is 15.5. The topological polar surface area (TPSA) is 0 Å². The van der Waals surface area contributed by atoms with Gasteiger partial charge in [-0.15, -0.1) is 0 Å². The maximum absolute atomic E-state index is 13.3. The molecule has 138 valence electrons. The van der Waals surface area contributed by atoms with Gasteiger partial charge in [-0.05, 0) is 99.7 Å². The van der Waals surface area contributed by atoms with Gasteiger partial charge in [-0.1, -0.05) is 31.1 Å². The van der Waals surface area contributed by atoms with Gasteiger partial charge < -0.3 is 0 Å². The third-order valence-corrected chi connectivity index (χ3v) is 6.66. The molecule has 2 aliphatic rings. The van der Waals surface area contributed by atoms with E-state index in [2.05, 4.69) is 19.1 Å². The summed E-state index contributed by atoms with van der Waals surface area (Å²) in [5.41, 5.74) is 0.934. The number of hydrogen-bond donors (Lipinski definition) is 0. The van der Waals surface area contributed by atoms with Crippen molar-refractivity contribution in [3.63, 3.8) is 0 Å². The minimum atomic E-state index is -0.742. The molecule has 0 aliphatic heterocycles. The molecule has 2 fully saturated rings. The van der Waals surface area contributed by atoms with Gasteiger partial charge in [0.25, 0.3) is 0 Å². The molecule has 0 N–H and O–H groups in total. The minimum absolute atomic E-state index is 0.713. The standard InChI is InChI=1S/C23H32F2/c1-2-3-17-6-11-20(12-7-17)21-13-8-18(9-14-21)4-5-19-10-15-22(24)23(25)16-19/h2-3,10,15-18,20-21H,4-9,11-14H2,1H3/b3-2+. The minimum Gasteiger partial charge on any atom is -0.204 e. The van der Waals surface area contributed by atoms with Crippen molar-refractivity contribution in [3.8, 4) is 0 Å². The molecule has 0 spiro atoms. The van der Waals surface area contributed by atoms with E-state index >= 15 is 0 Å². The maximum atomic E-state index is 13.3. The van der Waals surface area contributed by atoms with Crippen LogP contribution in [-0.4, -0.2) is 0 Å². The fourth-order valence-electron chi connectivity index (χ4n) is 5.10. The highest BCUT2D eigenvalue weighted by Gasteiger charge is 2.30. The van der Waals surface area contributed by atoms with Crippen molar-refractivity contribution in [1.82, 2.24) is 0 Å². The lowest BCUT2D eigenvalue weighted by atomic mass is 9.68. The molecule has 1 aromatic rings. The smallest absolute Gasteiger partial charge is 0.159 e. The van der Waals surface area contributed by atoms with Gasteiger partial charge in [0, 0.05) is 0 Å². The van der Waals surface area contributed by atoms with Crippen LogP contribution in [0.2, 0.25) is 0 Å². The van der Waals surface area contributed by atoms with Crippen molar-refractivity contribution >= 4 is 0 Å². The lowest BCUT2D eigenvalue weighted by molar-refractivity contribution is 0.152. The highest BCUT2D eigenvalue weighted by Crippen LogP contribution is 2.42. The van der Waals surface area contributed by atoms with Gasteiger partial charge in [0.15, 0.2) is 11.6 Å². The number of rotatable bonds is 5. The van der Waals surface area contributed by atoms with Gasteiger partial charge in [0.1, 0.15) is 0 Å². The number of allylic oxidation sites excluding steroid dienone is 2. The molecule has 0 amide bonds. The molecule has 0 aromatic heterocycles. The van der Waals surface area contributed by atoms with Gasteiger partial charge in [-0.25, -0.2) is 8.78 Å². The van der Waals surface area contributed by atoms with Gasteiger partial charge in [-0.2, -0.15) is 0 Å². The number of hydrogen-bond acceptors (Lipinski definition) is 0. The second kappa shape index (κ2) is 8.96. The zero-order valence-electron chi connectivity index (χ0n) is 15.5. The molecular formula is C23H32F2. The van der Waals surface area contributed by atoms with Crippen LogP contribution in [0.15, 0.2) is 30.4 Å². The second-order valence-electron chi connectivity index (χ2n) is 8.27. The Kier molecular flexibility index (Phi) is 6.67. The Bertz CT molecular complexity index is 561. The number of halogens is 2. The van der Waals surface area contributed by atoms with E-state index in [9.17, 15) is 8.78 Å². The molecule has 2 saturated carbocycles. The Balaban J connectivity index is 1.39. The van der Waals surface area contributed by atoms with Crippen LogP contribution < -0.4 is 0 Å². The summed E-state index contributed by atoms with van der Waals surface area (Å²) in [5.74, 6) is 2.03. The second-order valence-corrected chi connectivity index (χ2v) is 8.27. The predicted molar refractivity (Wildman–Crippen MR) is 100 cm³/mol. The van der Waals surface area contributed by atoms with Crippen LogP contribution in [0.4, 0.5) is 8.78 Å². The monoisotopic (exact) mass is 346 g/mol. The maximum Gasteiger partial charge on any atom is 0.159 e. The molecule has 0 bridgehead atoms. The van der Waals surface area contributed by atoms with E-state index in [4.69, 9.17) is 0 Å².